The molecule has 1 aliphatic heterocycles. The van der Waals surface area contributed by atoms with Gasteiger partial charge in [0.25, 0.3) is 0 Å². The topological polar surface area (TPSA) is 60.5 Å². The van der Waals surface area contributed by atoms with E-state index in [1.807, 2.05) is 32.9 Å². The van der Waals surface area contributed by atoms with Crippen LogP contribution in [0.25, 0.3) is 0 Å². The summed E-state index contributed by atoms with van der Waals surface area (Å²) in [5.41, 5.74) is 0.515. The molecule has 1 aromatic heterocycles. The standard InChI is InChI=1S/C13H18N2O3/c1-13(2,3)18-12(16)15-11-8-9(4-6-14-11)10-5-7-17-10/h4,6,8,10H,5,7H2,1-3H3,(H,14,15,16). The van der Waals surface area contributed by atoms with Crippen LogP contribution in [0.1, 0.15) is 38.9 Å². The molecule has 1 atom stereocenters. The van der Waals surface area contributed by atoms with Crippen molar-refractivity contribution < 1.29 is 14.3 Å². The number of nitrogens with one attached hydrogen (secondary N) is 1. The molecule has 1 amide bonds. The van der Waals surface area contributed by atoms with Gasteiger partial charge in [-0.1, -0.05) is 0 Å². The predicted octanol–water partition coefficient (Wildman–Crippen LogP) is 2.89. The lowest BCUT2D eigenvalue weighted by Crippen LogP contribution is -2.27. The third kappa shape index (κ3) is 3.43. The molecule has 1 N–H and O–H groups in total. The van der Waals surface area contributed by atoms with Crippen molar-refractivity contribution in [3.63, 3.8) is 0 Å². The molecule has 0 bridgehead atoms. The first kappa shape index (κ1) is 12.8. The highest BCUT2D eigenvalue weighted by molar-refractivity contribution is 5.83. The summed E-state index contributed by atoms with van der Waals surface area (Å²) in [4.78, 5) is 15.7. The van der Waals surface area contributed by atoms with E-state index in [4.69, 9.17) is 9.47 Å². The maximum absolute atomic E-state index is 11.6. The normalized spacial score (nSPS) is 18.9. The number of hydrogen-bond donors (Lipinski definition) is 1. The quantitative estimate of drug-likeness (QED) is 0.876. The third-order valence-electron chi connectivity index (χ3n) is 2.48. The van der Waals surface area contributed by atoms with Crippen LogP contribution < -0.4 is 5.32 Å². The Morgan fingerprint density at radius 1 is 1.56 bits per heavy atom. The number of aromatic nitrogens is 1. The zero-order chi connectivity index (χ0) is 13.2. The van der Waals surface area contributed by atoms with Crippen molar-refractivity contribution in [2.24, 2.45) is 0 Å². The minimum atomic E-state index is -0.515. The van der Waals surface area contributed by atoms with Gasteiger partial charge in [0, 0.05) is 12.6 Å². The number of nitrogens with zero attached hydrogens (tertiary/aromatic N) is 1. The summed E-state index contributed by atoms with van der Waals surface area (Å²) in [6, 6.07) is 3.71. The molecule has 2 heterocycles. The fourth-order valence-electron chi connectivity index (χ4n) is 1.62. The number of carbonyl (C=O) groups is 1. The number of rotatable bonds is 2. The largest absolute Gasteiger partial charge is 0.444 e. The highest BCUT2D eigenvalue weighted by Gasteiger charge is 2.21. The Bertz CT molecular complexity index is 436. The van der Waals surface area contributed by atoms with Gasteiger partial charge in [-0.3, -0.25) is 5.32 Å². The van der Waals surface area contributed by atoms with E-state index < -0.39 is 11.7 Å². The molecule has 0 aromatic carbocycles. The van der Waals surface area contributed by atoms with Crippen LogP contribution in [-0.4, -0.2) is 23.3 Å². The molecule has 0 spiro atoms. The molecule has 1 aromatic rings. The van der Waals surface area contributed by atoms with Crippen LogP contribution >= 0.6 is 0 Å². The zero-order valence-electron chi connectivity index (χ0n) is 10.9. The number of amides is 1. The van der Waals surface area contributed by atoms with Crippen molar-refractivity contribution >= 4 is 11.9 Å². The summed E-state index contributed by atoms with van der Waals surface area (Å²) in [6.45, 7) is 6.25. The fraction of sp³-hybridized carbons (Fsp3) is 0.538. The average molecular weight is 250 g/mol. The molecular weight excluding hydrogens is 232 g/mol. The van der Waals surface area contributed by atoms with Crippen LogP contribution in [0.15, 0.2) is 18.3 Å². The highest BCUT2D eigenvalue weighted by Crippen LogP contribution is 2.29. The van der Waals surface area contributed by atoms with E-state index in [1.54, 1.807) is 6.20 Å². The number of hydrogen-bond acceptors (Lipinski definition) is 4. The van der Waals surface area contributed by atoms with Gasteiger partial charge >= 0.3 is 6.09 Å². The molecule has 1 saturated heterocycles. The minimum Gasteiger partial charge on any atom is -0.444 e. The van der Waals surface area contributed by atoms with Crippen molar-refractivity contribution in [1.29, 1.82) is 0 Å². The van der Waals surface area contributed by atoms with Crippen molar-refractivity contribution in [3.05, 3.63) is 23.9 Å². The molecule has 98 valence electrons. The Morgan fingerprint density at radius 3 is 2.83 bits per heavy atom. The van der Waals surface area contributed by atoms with Crippen molar-refractivity contribution in [3.8, 4) is 0 Å². The molecular formula is C13H18N2O3. The van der Waals surface area contributed by atoms with Gasteiger partial charge in [-0.05, 0) is 38.5 Å². The molecule has 0 aliphatic carbocycles. The molecule has 18 heavy (non-hydrogen) atoms. The molecule has 1 aliphatic rings. The van der Waals surface area contributed by atoms with Gasteiger partial charge in [0.2, 0.25) is 0 Å². The van der Waals surface area contributed by atoms with E-state index in [0.717, 1.165) is 18.6 Å². The lowest BCUT2D eigenvalue weighted by Gasteiger charge is -2.27. The first-order chi connectivity index (χ1) is 8.44. The van der Waals surface area contributed by atoms with Crippen molar-refractivity contribution in [2.75, 3.05) is 11.9 Å². The lowest BCUT2D eigenvalue weighted by atomic mass is 10.0. The minimum absolute atomic E-state index is 0.132. The highest BCUT2D eigenvalue weighted by atomic mass is 16.6. The second-order valence-electron chi connectivity index (χ2n) is 5.25. The van der Waals surface area contributed by atoms with E-state index in [0.29, 0.717) is 5.82 Å². The van der Waals surface area contributed by atoms with E-state index in [2.05, 4.69) is 10.3 Å². The fourth-order valence-corrected chi connectivity index (χ4v) is 1.62. The van der Waals surface area contributed by atoms with Crippen LogP contribution in [0.3, 0.4) is 0 Å². The molecule has 0 radical (unpaired) electrons. The Hall–Kier alpha value is -1.62. The van der Waals surface area contributed by atoms with Gasteiger partial charge in [-0.2, -0.15) is 0 Å². The van der Waals surface area contributed by atoms with Crippen LogP contribution in [0.2, 0.25) is 0 Å². The molecule has 1 unspecified atom stereocenters. The molecule has 2 rings (SSSR count). The average Bonchev–Trinajstić information content (AvgIpc) is 2.11. The molecule has 5 heteroatoms. The van der Waals surface area contributed by atoms with Crippen molar-refractivity contribution in [1.82, 2.24) is 4.98 Å². The predicted molar refractivity (Wildman–Crippen MR) is 67.4 cm³/mol. The summed E-state index contributed by atoms with van der Waals surface area (Å²) in [5, 5.41) is 2.61. The third-order valence-corrected chi connectivity index (χ3v) is 2.48. The summed E-state index contributed by atoms with van der Waals surface area (Å²) < 4.78 is 10.5. The van der Waals surface area contributed by atoms with E-state index in [-0.39, 0.29) is 6.10 Å². The van der Waals surface area contributed by atoms with E-state index in [9.17, 15) is 4.79 Å². The number of pyridine rings is 1. The summed E-state index contributed by atoms with van der Waals surface area (Å²) in [6.07, 6.45) is 2.30. The zero-order valence-corrected chi connectivity index (χ0v) is 10.9. The Morgan fingerprint density at radius 2 is 2.28 bits per heavy atom. The van der Waals surface area contributed by atoms with Crippen molar-refractivity contribution in [2.45, 2.75) is 38.9 Å². The first-order valence-electron chi connectivity index (χ1n) is 6.01. The first-order valence-corrected chi connectivity index (χ1v) is 6.01. The molecule has 5 nitrogen and oxygen atoms in total. The van der Waals surface area contributed by atoms with Crippen LogP contribution in [0, 0.1) is 0 Å². The van der Waals surface area contributed by atoms with E-state index in [1.165, 1.54) is 0 Å². The number of ether oxygens (including phenoxy) is 2. The van der Waals surface area contributed by atoms with Crippen LogP contribution in [-0.2, 0) is 9.47 Å². The summed E-state index contributed by atoms with van der Waals surface area (Å²) in [7, 11) is 0. The van der Waals surface area contributed by atoms with Crippen LogP contribution in [0.5, 0.6) is 0 Å². The lowest BCUT2D eigenvalue weighted by molar-refractivity contribution is -0.0527. The Kier molecular flexibility index (Phi) is 3.52. The molecule has 1 fully saturated rings. The molecule has 0 saturated carbocycles. The van der Waals surface area contributed by atoms with Gasteiger partial charge in [-0.25, -0.2) is 9.78 Å². The second kappa shape index (κ2) is 4.94. The Labute approximate surface area is 107 Å². The summed E-state index contributed by atoms with van der Waals surface area (Å²) in [5.74, 6) is 0.484. The smallest absolute Gasteiger partial charge is 0.413 e. The van der Waals surface area contributed by atoms with Crippen LogP contribution in [0.4, 0.5) is 10.6 Å². The van der Waals surface area contributed by atoms with Gasteiger partial charge in [0.15, 0.2) is 0 Å². The van der Waals surface area contributed by atoms with Gasteiger partial charge in [0.05, 0.1) is 12.7 Å². The Balaban J connectivity index is 1.98. The SMILES string of the molecule is CC(C)(C)OC(=O)Nc1cc(C2CCO2)ccn1. The van der Waals surface area contributed by atoms with Gasteiger partial charge in [0.1, 0.15) is 11.4 Å². The second-order valence-corrected chi connectivity index (χ2v) is 5.25. The number of anilines is 1. The number of carbonyl (C=O) groups excluding carboxylic acids is 1. The monoisotopic (exact) mass is 250 g/mol. The maximum atomic E-state index is 11.6. The maximum Gasteiger partial charge on any atom is 0.413 e. The van der Waals surface area contributed by atoms with Gasteiger partial charge in [-0.15, -0.1) is 0 Å². The van der Waals surface area contributed by atoms with Gasteiger partial charge < -0.3 is 9.47 Å². The summed E-state index contributed by atoms with van der Waals surface area (Å²) >= 11 is 0. The van der Waals surface area contributed by atoms with E-state index >= 15 is 0 Å².